The summed E-state index contributed by atoms with van der Waals surface area (Å²) in [4.78, 5) is 15.0. The molecular formula is C11H15NO. The first-order chi connectivity index (χ1) is 6.11. The van der Waals surface area contributed by atoms with Crippen molar-refractivity contribution < 1.29 is 4.79 Å². The van der Waals surface area contributed by atoms with Crippen molar-refractivity contribution in [3.05, 3.63) is 36.6 Å². The zero-order valence-corrected chi connectivity index (χ0v) is 8.21. The molecular weight excluding hydrogens is 162 g/mol. The van der Waals surface area contributed by atoms with Gasteiger partial charge in [0.1, 0.15) is 0 Å². The highest BCUT2D eigenvalue weighted by molar-refractivity contribution is 5.99. The summed E-state index contributed by atoms with van der Waals surface area (Å²) in [6.07, 6.45) is 5.36. The number of hydrogen-bond donors (Lipinski definition) is 0. The number of hydrogen-bond acceptors (Lipinski definition) is 2. The molecule has 70 valence electrons. The zero-order chi connectivity index (χ0) is 10.3. The molecule has 2 nitrogen and oxygen atoms in total. The normalized spacial score (nSPS) is 11.7. The van der Waals surface area contributed by atoms with Crippen molar-refractivity contribution in [1.82, 2.24) is 0 Å². The molecule has 0 bridgehead atoms. The third-order valence-electron chi connectivity index (χ3n) is 1.44. The Morgan fingerprint density at radius 1 is 1.54 bits per heavy atom. The summed E-state index contributed by atoms with van der Waals surface area (Å²) in [6, 6.07) is 0. The van der Waals surface area contributed by atoms with Gasteiger partial charge in [-0.1, -0.05) is 20.1 Å². The zero-order valence-electron chi connectivity index (χ0n) is 8.21. The third kappa shape index (κ3) is 4.90. The molecule has 0 N–H and O–H groups in total. The van der Waals surface area contributed by atoms with E-state index >= 15 is 0 Å². The lowest BCUT2D eigenvalue weighted by molar-refractivity contribution is -0.110. The second kappa shape index (κ2) is 6.12. The molecule has 13 heavy (non-hydrogen) atoms. The number of carbonyl (C=O) groups is 1. The summed E-state index contributed by atoms with van der Waals surface area (Å²) in [5.74, 6) is -0.120. The van der Waals surface area contributed by atoms with Crippen LogP contribution in [0.25, 0.3) is 0 Å². The number of aliphatic imine (C=N–C) groups is 1. The monoisotopic (exact) mass is 177 g/mol. The first-order valence-electron chi connectivity index (χ1n) is 4.18. The lowest BCUT2D eigenvalue weighted by Gasteiger charge is -1.97. The average molecular weight is 177 g/mol. The maximum absolute atomic E-state index is 10.9. The fourth-order valence-corrected chi connectivity index (χ4v) is 0.659. The quantitative estimate of drug-likeness (QED) is 0.360. The highest BCUT2D eigenvalue weighted by atomic mass is 16.1. The Hall–Kier alpha value is -1.44. The van der Waals surface area contributed by atoms with Crippen molar-refractivity contribution in [1.29, 1.82) is 0 Å². The van der Waals surface area contributed by atoms with E-state index < -0.39 is 0 Å². The lowest BCUT2D eigenvalue weighted by atomic mass is 10.2. The maximum atomic E-state index is 10.9. The van der Waals surface area contributed by atoms with Crippen molar-refractivity contribution in [2.24, 2.45) is 4.99 Å². The number of carbonyl (C=O) groups excluding carboxylic acids is 1. The van der Waals surface area contributed by atoms with Gasteiger partial charge in [-0.3, -0.25) is 9.79 Å². The van der Waals surface area contributed by atoms with E-state index in [0.717, 1.165) is 12.0 Å². The van der Waals surface area contributed by atoms with E-state index in [-0.39, 0.29) is 5.78 Å². The fourth-order valence-electron chi connectivity index (χ4n) is 0.659. The van der Waals surface area contributed by atoms with Gasteiger partial charge in [0.2, 0.25) is 0 Å². The summed E-state index contributed by atoms with van der Waals surface area (Å²) >= 11 is 0. The molecule has 2 heteroatoms. The van der Waals surface area contributed by atoms with Gasteiger partial charge in [0.05, 0.1) is 5.70 Å². The highest BCUT2D eigenvalue weighted by Crippen LogP contribution is 2.07. The molecule has 0 spiro atoms. The second-order valence-electron chi connectivity index (χ2n) is 2.60. The molecule has 0 aliphatic rings. The Balaban J connectivity index is 4.41. The maximum Gasteiger partial charge on any atom is 0.178 e. The minimum Gasteiger partial charge on any atom is -0.290 e. The molecule has 0 aromatic rings. The van der Waals surface area contributed by atoms with E-state index in [2.05, 4.69) is 18.2 Å². The second-order valence-corrected chi connectivity index (χ2v) is 2.60. The van der Waals surface area contributed by atoms with E-state index in [1.165, 1.54) is 12.2 Å². The predicted octanol–water partition coefficient (Wildman–Crippen LogP) is 2.68. The predicted molar refractivity (Wildman–Crippen MR) is 56.9 cm³/mol. The molecule has 0 rings (SSSR count). The topological polar surface area (TPSA) is 29.4 Å². The van der Waals surface area contributed by atoms with Crippen LogP contribution in [0.1, 0.15) is 20.3 Å². The Bertz CT molecular complexity index is 272. The van der Waals surface area contributed by atoms with Crippen molar-refractivity contribution >= 4 is 12.0 Å². The summed E-state index contributed by atoms with van der Waals surface area (Å²) in [6.45, 7) is 10.9. The van der Waals surface area contributed by atoms with Gasteiger partial charge in [-0.15, -0.1) is 0 Å². The van der Waals surface area contributed by atoms with Gasteiger partial charge in [-0.25, -0.2) is 0 Å². The molecule has 0 atom stereocenters. The Morgan fingerprint density at radius 3 is 2.62 bits per heavy atom. The Labute approximate surface area is 79.4 Å². The van der Waals surface area contributed by atoms with Crippen LogP contribution in [-0.2, 0) is 4.79 Å². The van der Waals surface area contributed by atoms with Crippen LogP contribution >= 0.6 is 0 Å². The average Bonchev–Trinajstić information content (AvgIpc) is 2.13. The molecule has 0 aliphatic carbocycles. The minimum atomic E-state index is -0.120. The van der Waals surface area contributed by atoms with Crippen molar-refractivity contribution in [2.45, 2.75) is 20.3 Å². The number of allylic oxidation sites excluding steroid dienone is 3. The van der Waals surface area contributed by atoms with Gasteiger partial charge in [0.15, 0.2) is 5.78 Å². The van der Waals surface area contributed by atoms with Gasteiger partial charge in [-0.2, -0.15) is 0 Å². The van der Waals surface area contributed by atoms with Crippen LogP contribution in [0.3, 0.4) is 0 Å². The summed E-state index contributed by atoms with van der Waals surface area (Å²) in [7, 11) is 0. The standard InChI is InChI=1S/C11H15NO/c1-5-7-12-10(4)9(3)8-11(13)6-2/h6-8H,2,4-5H2,1,3H3/b9-8+,12-7?. The van der Waals surface area contributed by atoms with E-state index in [0.29, 0.717) is 5.70 Å². The molecule has 0 aromatic heterocycles. The number of nitrogens with zero attached hydrogens (tertiary/aromatic N) is 1. The van der Waals surface area contributed by atoms with Gasteiger partial charge in [0.25, 0.3) is 0 Å². The molecule has 0 radical (unpaired) electrons. The van der Waals surface area contributed by atoms with E-state index in [4.69, 9.17) is 0 Å². The first-order valence-corrected chi connectivity index (χ1v) is 4.18. The molecule has 0 heterocycles. The van der Waals surface area contributed by atoms with E-state index in [9.17, 15) is 4.79 Å². The van der Waals surface area contributed by atoms with Gasteiger partial charge in [-0.05, 0) is 31.1 Å². The number of ketones is 1. The van der Waals surface area contributed by atoms with Crippen LogP contribution < -0.4 is 0 Å². The third-order valence-corrected chi connectivity index (χ3v) is 1.44. The fraction of sp³-hybridized carbons (Fsp3) is 0.273. The van der Waals surface area contributed by atoms with Crippen molar-refractivity contribution in [2.75, 3.05) is 0 Å². The largest absolute Gasteiger partial charge is 0.290 e. The molecule has 0 amide bonds. The van der Waals surface area contributed by atoms with E-state index in [1.807, 2.05) is 6.92 Å². The summed E-state index contributed by atoms with van der Waals surface area (Å²) in [5.41, 5.74) is 1.40. The van der Waals surface area contributed by atoms with Crippen LogP contribution in [0.4, 0.5) is 0 Å². The molecule has 0 saturated heterocycles. The van der Waals surface area contributed by atoms with Crippen LogP contribution in [0.2, 0.25) is 0 Å². The Morgan fingerprint density at radius 2 is 2.15 bits per heavy atom. The van der Waals surface area contributed by atoms with Crippen LogP contribution in [0.15, 0.2) is 41.6 Å². The molecule has 0 fully saturated rings. The smallest absolute Gasteiger partial charge is 0.178 e. The molecule has 0 aliphatic heterocycles. The first kappa shape index (κ1) is 11.6. The summed E-state index contributed by atoms with van der Waals surface area (Å²) < 4.78 is 0. The molecule has 0 unspecified atom stereocenters. The van der Waals surface area contributed by atoms with Gasteiger partial charge < -0.3 is 0 Å². The van der Waals surface area contributed by atoms with Gasteiger partial charge >= 0.3 is 0 Å². The summed E-state index contributed by atoms with van der Waals surface area (Å²) in [5, 5.41) is 0. The van der Waals surface area contributed by atoms with Crippen LogP contribution in [-0.4, -0.2) is 12.0 Å². The Kier molecular flexibility index (Phi) is 5.44. The molecule has 0 saturated carbocycles. The van der Waals surface area contributed by atoms with Crippen LogP contribution in [0.5, 0.6) is 0 Å². The van der Waals surface area contributed by atoms with E-state index in [1.54, 1.807) is 13.1 Å². The lowest BCUT2D eigenvalue weighted by Crippen LogP contribution is -1.89. The van der Waals surface area contributed by atoms with Gasteiger partial charge in [0, 0.05) is 6.21 Å². The van der Waals surface area contributed by atoms with Crippen LogP contribution in [0, 0.1) is 0 Å². The highest BCUT2D eigenvalue weighted by Gasteiger charge is 1.95. The molecule has 0 aromatic carbocycles. The minimum absolute atomic E-state index is 0.120. The SMILES string of the molecule is C=CC(=O)/C=C(\C)C(=C)N=CCC. The van der Waals surface area contributed by atoms with Crippen molar-refractivity contribution in [3.63, 3.8) is 0 Å². The number of rotatable bonds is 5. The van der Waals surface area contributed by atoms with Crippen molar-refractivity contribution in [3.8, 4) is 0 Å².